The number of nitrogen functional groups attached to an aromatic ring is 1. The molecule has 0 unspecified atom stereocenters. The van der Waals surface area contributed by atoms with E-state index in [1.165, 1.54) is 18.0 Å². The third-order valence-electron chi connectivity index (χ3n) is 5.29. The topological polar surface area (TPSA) is 99.2 Å². The van der Waals surface area contributed by atoms with Gasteiger partial charge in [0.25, 0.3) is 0 Å². The van der Waals surface area contributed by atoms with Gasteiger partial charge in [-0.2, -0.15) is 5.10 Å². The van der Waals surface area contributed by atoms with Gasteiger partial charge in [0.15, 0.2) is 5.65 Å². The van der Waals surface area contributed by atoms with Crippen molar-refractivity contribution in [3.63, 3.8) is 0 Å². The van der Waals surface area contributed by atoms with Crippen LogP contribution in [0.1, 0.15) is 30.1 Å². The van der Waals surface area contributed by atoms with Gasteiger partial charge in [0.2, 0.25) is 5.91 Å². The number of hydrogen-bond donors (Lipinski definition) is 1. The van der Waals surface area contributed by atoms with Crippen molar-refractivity contribution in [3.8, 4) is 17.6 Å². The summed E-state index contributed by atoms with van der Waals surface area (Å²) >= 11 is 0. The van der Waals surface area contributed by atoms with Crippen LogP contribution in [0.4, 0.5) is 5.82 Å². The Kier molecular flexibility index (Phi) is 5.85. The quantitative estimate of drug-likeness (QED) is 0.518. The lowest BCUT2D eigenvalue weighted by Gasteiger charge is -2.32. The van der Waals surface area contributed by atoms with Crippen LogP contribution in [-0.4, -0.2) is 50.3 Å². The fourth-order valence-corrected chi connectivity index (χ4v) is 3.69. The van der Waals surface area contributed by atoms with Crippen LogP contribution in [0.15, 0.2) is 43.2 Å². The maximum absolute atomic E-state index is 12.1. The van der Waals surface area contributed by atoms with Crippen LogP contribution in [0.3, 0.4) is 0 Å². The number of piperidine rings is 1. The normalized spacial score (nSPS) is 15.9. The van der Waals surface area contributed by atoms with E-state index in [0.29, 0.717) is 35.6 Å². The van der Waals surface area contributed by atoms with E-state index in [9.17, 15) is 4.79 Å². The van der Waals surface area contributed by atoms with Gasteiger partial charge in [0, 0.05) is 13.1 Å². The predicted molar refractivity (Wildman–Crippen MR) is 118 cm³/mol. The molecule has 8 heteroatoms. The summed E-state index contributed by atoms with van der Waals surface area (Å²) in [7, 11) is 0. The number of likely N-dealkylation sites (tertiary alicyclic amines) is 1. The maximum Gasteiger partial charge on any atom is 0.246 e. The number of hydrogen-bond acceptors (Lipinski definition) is 6. The van der Waals surface area contributed by atoms with Crippen LogP contribution >= 0.6 is 0 Å². The van der Waals surface area contributed by atoms with Crippen LogP contribution in [0.2, 0.25) is 0 Å². The highest BCUT2D eigenvalue weighted by molar-refractivity contribution is 5.90. The van der Waals surface area contributed by atoms with Gasteiger partial charge in [-0.1, -0.05) is 30.2 Å². The molecular formula is C23H24N6O2. The number of nitrogens with two attached hydrogens (primary N) is 1. The highest BCUT2D eigenvalue weighted by atomic mass is 16.5. The van der Waals surface area contributed by atoms with E-state index in [0.717, 1.165) is 18.6 Å². The van der Waals surface area contributed by atoms with E-state index in [2.05, 4.69) is 28.4 Å². The van der Waals surface area contributed by atoms with Crippen molar-refractivity contribution < 1.29 is 9.53 Å². The second-order valence-corrected chi connectivity index (χ2v) is 7.44. The van der Waals surface area contributed by atoms with Crippen molar-refractivity contribution >= 4 is 22.8 Å². The van der Waals surface area contributed by atoms with Gasteiger partial charge in [-0.25, -0.2) is 14.6 Å². The first-order valence-corrected chi connectivity index (χ1v) is 10.1. The van der Waals surface area contributed by atoms with E-state index in [1.807, 2.05) is 35.9 Å². The summed E-state index contributed by atoms with van der Waals surface area (Å²) in [5.41, 5.74) is 8.42. The molecule has 2 N–H and O–H groups in total. The Morgan fingerprint density at radius 1 is 1.35 bits per heavy atom. The molecule has 0 saturated carbocycles. The zero-order valence-corrected chi connectivity index (χ0v) is 17.4. The molecule has 0 radical (unpaired) electrons. The molecule has 1 aromatic carbocycles. The number of fused-ring (bicyclic) bond motifs is 1. The predicted octanol–water partition coefficient (Wildman–Crippen LogP) is 2.50. The zero-order chi connectivity index (χ0) is 21.8. The molecule has 1 atom stereocenters. The molecular weight excluding hydrogens is 392 g/mol. The first-order valence-electron chi connectivity index (χ1n) is 10.1. The van der Waals surface area contributed by atoms with Crippen LogP contribution < -0.4 is 10.5 Å². The van der Waals surface area contributed by atoms with Crippen molar-refractivity contribution in [3.05, 3.63) is 54.5 Å². The number of amides is 1. The van der Waals surface area contributed by atoms with E-state index in [1.54, 1.807) is 4.90 Å². The van der Waals surface area contributed by atoms with Crippen LogP contribution in [0, 0.1) is 18.8 Å². The third-order valence-corrected chi connectivity index (χ3v) is 5.29. The highest BCUT2D eigenvalue weighted by Crippen LogP contribution is 2.28. The molecule has 2 aromatic heterocycles. The number of benzene rings is 1. The maximum atomic E-state index is 12.1. The molecule has 158 valence electrons. The van der Waals surface area contributed by atoms with Crippen molar-refractivity contribution in [1.29, 1.82) is 0 Å². The van der Waals surface area contributed by atoms with Crippen LogP contribution in [0.25, 0.3) is 11.0 Å². The molecule has 31 heavy (non-hydrogen) atoms. The van der Waals surface area contributed by atoms with Gasteiger partial charge in [-0.3, -0.25) is 4.79 Å². The van der Waals surface area contributed by atoms with Gasteiger partial charge in [-0.05, 0) is 43.9 Å². The van der Waals surface area contributed by atoms with Gasteiger partial charge >= 0.3 is 0 Å². The van der Waals surface area contributed by atoms with Crippen molar-refractivity contribution in [2.24, 2.45) is 0 Å². The van der Waals surface area contributed by atoms with Gasteiger partial charge in [-0.15, -0.1) is 0 Å². The van der Waals surface area contributed by atoms with Crippen LogP contribution in [-0.2, 0) is 4.79 Å². The zero-order valence-electron chi connectivity index (χ0n) is 17.4. The number of aromatic nitrogens is 4. The van der Waals surface area contributed by atoms with Gasteiger partial charge < -0.3 is 15.4 Å². The van der Waals surface area contributed by atoms with Gasteiger partial charge in [0.05, 0.1) is 11.4 Å². The average molecular weight is 416 g/mol. The number of ether oxygens (including phenoxy) is 1. The summed E-state index contributed by atoms with van der Waals surface area (Å²) in [4.78, 5) is 22.4. The van der Waals surface area contributed by atoms with Crippen molar-refractivity contribution in [2.45, 2.75) is 25.8 Å². The molecule has 0 bridgehead atoms. The average Bonchev–Trinajstić information content (AvgIpc) is 3.17. The molecule has 1 saturated heterocycles. The minimum absolute atomic E-state index is 0.0196. The smallest absolute Gasteiger partial charge is 0.246 e. The molecule has 1 amide bonds. The lowest BCUT2D eigenvalue weighted by atomic mass is 10.1. The standard InChI is InChI=1S/C23H24N6O2/c1-3-20(30)28-12-4-6-17(14-28)29-23-21(22(24)25-15-26-23)19(27-29)7-5-13-31-18-10-8-16(2)9-11-18/h3,8-11,15,17H,1,4,6,12-14H2,2H3,(H2,24,25,26)/t17-/m1/s1. The lowest BCUT2D eigenvalue weighted by Crippen LogP contribution is -2.40. The first kappa shape index (κ1) is 20.4. The Bertz CT molecular complexity index is 1170. The number of carbonyl (C=O) groups is 1. The SMILES string of the molecule is C=CC(=O)N1CCC[C@@H](n2nc(C#CCOc3ccc(C)cc3)c3c(N)ncnc32)C1. The molecule has 4 rings (SSSR count). The molecule has 1 fully saturated rings. The van der Waals surface area contributed by atoms with Gasteiger partial charge in [0.1, 0.15) is 30.2 Å². The molecule has 3 aromatic rings. The number of nitrogens with zero attached hydrogens (tertiary/aromatic N) is 5. The van der Waals surface area contributed by atoms with Crippen molar-refractivity contribution in [1.82, 2.24) is 24.6 Å². The Labute approximate surface area is 180 Å². The Balaban J connectivity index is 1.59. The molecule has 8 nitrogen and oxygen atoms in total. The third kappa shape index (κ3) is 4.36. The van der Waals surface area contributed by atoms with E-state index >= 15 is 0 Å². The number of carbonyl (C=O) groups excluding carboxylic acids is 1. The van der Waals surface area contributed by atoms with E-state index in [4.69, 9.17) is 15.6 Å². The van der Waals surface area contributed by atoms with E-state index < -0.39 is 0 Å². The summed E-state index contributed by atoms with van der Waals surface area (Å²) in [6, 6.07) is 7.77. The number of rotatable bonds is 4. The minimum Gasteiger partial charge on any atom is -0.481 e. The Morgan fingerprint density at radius 3 is 2.94 bits per heavy atom. The largest absolute Gasteiger partial charge is 0.481 e. The second-order valence-electron chi connectivity index (χ2n) is 7.44. The first-order chi connectivity index (χ1) is 15.1. The van der Waals surface area contributed by atoms with E-state index in [-0.39, 0.29) is 18.6 Å². The summed E-state index contributed by atoms with van der Waals surface area (Å²) in [5, 5.41) is 5.31. The monoisotopic (exact) mass is 416 g/mol. The summed E-state index contributed by atoms with van der Waals surface area (Å²) in [6.07, 6.45) is 4.51. The second kappa shape index (κ2) is 8.88. The summed E-state index contributed by atoms with van der Waals surface area (Å²) in [6.45, 7) is 7.07. The molecule has 1 aliphatic heterocycles. The number of aryl methyl sites for hydroxylation is 1. The number of anilines is 1. The fraction of sp³-hybridized carbons (Fsp3) is 0.304. The molecule has 1 aliphatic rings. The van der Waals surface area contributed by atoms with Crippen LogP contribution in [0.5, 0.6) is 5.75 Å². The Hall–Kier alpha value is -3.86. The summed E-state index contributed by atoms with van der Waals surface area (Å²) < 4.78 is 7.50. The molecule has 3 heterocycles. The summed E-state index contributed by atoms with van der Waals surface area (Å²) in [5.74, 6) is 7.06. The highest BCUT2D eigenvalue weighted by Gasteiger charge is 2.27. The minimum atomic E-state index is -0.0800. The van der Waals surface area contributed by atoms with Crippen molar-refractivity contribution in [2.75, 3.05) is 25.4 Å². The lowest BCUT2D eigenvalue weighted by molar-refractivity contribution is -0.127. The molecule has 0 spiro atoms. The molecule has 0 aliphatic carbocycles. The Morgan fingerprint density at radius 2 is 2.16 bits per heavy atom. The fourth-order valence-electron chi connectivity index (χ4n) is 3.69.